The number of aromatic nitrogens is 2. The van der Waals surface area contributed by atoms with Crippen LogP contribution in [0.1, 0.15) is 24.0 Å². The van der Waals surface area contributed by atoms with Crippen molar-refractivity contribution in [2.75, 3.05) is 23.3 Å². The van der Waals surface area contributed by atoms with Crippen LogP contribution in [0.25, 0.3) is 0 Å². The van der Waals surface area contributed by atoms with Gasteiger partial charge in [0.15, 0.2) is 0 Å². The van der Waals surface area contributed by atoms with Crippen molar-refractivity contribution in [3.05, 3.63) is 87.0 Å². The summed E-state index contributed by atoms with van der Waals surface area (Å²) >= 11 is 6.07. The molecule has 1 aromatic heterocycles. The van der Waals surface area contributed by atoms with Gasteiger partial charge in [0.05, 0.1) is 24.4 Å². The maximum Gasteiger partial charge on any atom is 0.273 e. The van der Waals surface area contributed by atoms with Gasteiger partial charge in [0, 0.05) is 24.8 Å². The Kier molecular flexibility index (Phi) is 6.19. The second kappa shape index (κ2) is 9.19. The minimum absolute atomic E-state index is 0.00958. The number of benzene rings is 2. The lowest BCUT2D eigenvalue weighted by molar-refractivity contribution is 0.511. The number of hydrogen-bond acceptors (Lipinski definition) is 5. The molecule has 8 heteroatoms. The van der Waals surface area contributed by atoms with Crippen molar-refractivity contribution in [3.8, 4) is 6.07 Å². The number of nitriles is 1. The first kappa shape index (κ1) is 20.9. The van der Waals surface area contributed by atoms with Crippen LogP contribution in [-0.2, 0) is 6.54 Å². The summed E-state index contributed by atoms with van der Waals surface area (Å²) < 4.78 is 15.2. The largest absolute Gasteiger partial charge is 0.381 e. The SMILES string of the molecule is N#Cc1ccc(F)cc1Cn1c(N2CCC[C@@H](Nc3ccccc3)C2)ncc(Cl)c1=O. The second-order valence-corrected chi connectivity index (χ2v) is 7.91. The molecule has 6 nitrogen and oxygen atoms in total. The molecule has 0 saturated carbocycles. The molecule has 4 rings (SSSR count). The summed E-state index contributed by atoms with van der Waals surface area (Å²) in [7, 11) is 0. The van der Waals surface area contributed by atoms with E-state index in [1.54, 1.807) is 0 Å². The zero-order valence-corrected chi connectivity index (χ0v) is 17.5. The zero-order valence-electron chi connectivity index (χ0n) is 16.8. The number of para-hydroxylation sites is 1. The molecule has 1 atom stereocenters. The number of nitrogens with one attached hydrogen (secondary N) is 1. The summed E-state index contributed by atoms with van der Waals surface area (Å²) in [5.74, 6) is -0.00852. The van der Waals surface area contributed by atoms with E-state index in [1.165, 1.54) is 29.0 Å². The molecule has 3 aromatic rings. The van der Waals surface area contributed by atoms with E-state index in [0.717, 1.165) is 25.1 Å². The van der Waals surface area contributed by atoms with Crippen LogP contribution in [0.3, 0.4) is 0 Å². The van der Waals surface area contributed by atoms with Gasteiger partial charge in [-0.25, -0.2) is 9.37 Å². The van der Waals surface area contributed by atoms with Gasteiger partial charge in [-0.2, -0.15) is 5.26 Å². The molecule has 0 radical (unpaired) electrons. The summed E-state index contributed by atoms with van der Waals surface area (Å²) in [5.41, 5.74) is 1.33. The summed E-state index contributed by atoms with van der Waals surface area (Å²) in [6.07, 6.45) is 3.26. The number of anilines is 2. The lowest BCUT2D eigenvalue weighted by Gasteiger charge is -2.35. The van der Waals surface area contributed by atoms with Crippen LogP contribution in [0.15, 0.2) is 59.5 Å². The zero-order chi connectivity index (χ0) is 21.8. The minimum Gasteiger partial charge on any atom is -0.381 e. The number of hydrogen-bond donors (Lipinski definition) is 1. The van der Waals surface area contributed by atoms with Gasteiger partial charge in [-0.1, -0.05) is 29.8 Å². The highest BCUT2D eigenvalue weighted by Gasteiger charge is 2.24. The average Bonchev–Trinajstić information content (AvgIpc) is 2.78. The van der Waals surface area contributed by atoms with E-state index < -0.39 is 11.4 Å². The van der Waals surface area contributed by atoms with Gasteiger partial charge in [-0.3, -0.25) is 9.36 Å². The van der Waals surface area contributed by atoms with Crippen molar-refractivity contribution in [1.82, 2.24) is 9.55 Å². The molecule has 0 bridgehead atoms. The maximum atomic E-state index is 13.8. The first-order valence-corrected chi connectivity index (χ1v) is 10.4. The smallest absolute Gasteiger partial charge is 0.273 e. The number of nitrogens with zero attached hydrogens (tertiary/aromatic N) is 4. The molecule has 2 heterocycles. The van der Waals surface area contributed by atoms with Crippen molar-refractivity contribution < 1.29 is 4.39 Å². The van der Waals surface area contributed by atoms with Gasteiger partial charge in [-0.05, 0) is 48.7 Å². The monoisotopic (exact) mass is 437 g/mol. The average molecular weight is 438 g/mol. The molecule has 31 heavy (non-hydrogen) atoms. The van der Waals surface area contributed by atoms with E-state index in [2.05, 4.69) is 16.4 Å². The summed E-state index contributed by atoms with van der Waals surface area (Å²) in [6, 6.07) is 16.1. The van der Waals surface area contributed by atoms with E-state index in [1.807, 2.05) is 35.2 Å². The summed E-state index contributed by atoms with van der Waals surface area (Å²) in [4.78, 5) is 19.3. The van der Waals surface area contributed by atoms with Crippen molar-refractivity contribution in [2.24, 2.45) is 0 Å². The molecule has 1 saturated heterocycles. The third-order valence-electron chi connectivity index (χ3n) is 5.35. The fourth-order valence-electron chi connectivity index (χ4n) is 3.87. The van der Waals surface area contributed by atoms with Crippen LogP contribution >= 0.6 is 11.6 Å². The lowest BCUT2D eigenvalue weighted by atomic mass is 10.1. The highest BCUT2D eigenvalue weighted by molar-refractivity contribution is 6.30. The first-order valence-electron chi connectivity index (χ1n) is 10.1. The van der Waals surface area contributed by atoms with Gasteiger partial charge >= 0.3 is 0 Å². The Morgan fingerprint density at radius 3 is 2.84 bits per heavy atom. The third kappa shape index (κ3) is 4.70. The van der Waals surface area contributed by atoms with Crippen LogP contribution in [0.4, 0.5) is 16.0 Å². The van der Waals surface area contributed by atoms with Crippen LogP contribution in [0.2, 0.25) is 5.02 Å². The summed E-state index contributed by atoms with van der Waals surface area (Å²) in [6.45, 7) is 1.39. The van der Waals surface area contributed by atoms with Gasteiger partial charge in [0.2, 0.25) is 5.95 Å². The number of halogens is 2. The molecule has 0 amide bonds. The first-order chi connectivity index (χ1) is 15.0. The Bertz CT molecular complexity index is 1170. The molecule has 1 N–H and O–H groups in total. The Labute approximate surface area is 184 Å². The quantitative estimate of drug-likeness (QED) is 0.652. The Balaban J connectivity index is 1.65. The molecule has 1 fully saturated rings. The second-order valence-electron chi connectivity index (χ2n) is 7.51. The third-order valence-corrected chi connectivity index (χ3v) is 5.61. The highest BCUT2D eigenvalue weighted by atomic mass is 35.5. The van der Waals surface area contributed by atoms with Crippen LogP contribution in [0.5, 0.6) is 0 Å². The molecule has 158 valence electrons. The summed E-state index contributed by atoms with van der Waals surface area (Å²) in [5, 5.41) is 12.9. The maximum absolute atomic E-state index is 13.8. The fourth-order valence-corrected chi connectivity index (χ4v) is 4.02. The van der Waals surface area contributed by atoms with Crippen LogP contribution in [-0.4, -0.2) is 28.7 Å². The molecule has 1 aliphatic heterocycles. The van der Waals surface area contributed by atoms with Crippen LogP contribution in [0, 0.1) is 17.1 Å². The molecule has 2 aromatic carbocycles. The van der Waals surface area contributed by atoms with Gasteiger partial charge < -0.3 is 10.2 Å². The topological polar surface area (TPSA) is 74.0 Å². The Morgan fingerprint density at radius 2 is 2.06 bits per heavy atom. The van der Waals surface area contributed by atoms with E-state index in [9.17, 15) is 14.4 Å². The normalized spacial score (nSPS) is 16.0. The van der Waals surface area contributed by atoms with E-state index in [4.69, 9.17) is 11.6 Å². The fraction of sp³-hybridized carbons (Fsp3) is 0.261. The predicted octanol–water partition coefficient (Wildman–Crippen LogP) is 4.04. The predicted molar refractivity (Wildman–Crippen MR) is 119 cm³/mol. The van der Waals surface area contributed by atoms with Crippen molar-refractivity contribution >= 4 is 23.2 Å². The van der Waals surface area contributed by atoms with Crippen LogP contribution < -0.4 is 15.8 Å². The van der Waals surface area contributed by atoms with Crippen molar-refractivity contribution in [2.45, 2.75) is 25.4 Å². The van der Waals surface area contributed by atoms with Gasteiger partial charge in [0.1, 0.15) is 10.8 Å². The molecule has 0 spiro atoms. The van der Waals surface area contributed by atoms with Gasteiger partial charge in [0.25, 0.3) is 5.56 Å². The Hall–Kier alpha value is -3.37. The molecular weight excluding hydrogens is 417 g/mol. The van der Waals surface area contributed by atoms with E-state index >= 15 is 0 Å². The lowest BCUT2D eigenvalue weighted by Crippen LogP contribution is -2.45. The van der Waals surface area contributed by atoms with Gasteiger partial charge in [-0.15, -0.1) is 0 Å². The van der Waals surface area contributed by atoms with E-state index in [0.29, 0.717) is 23.6 Å². The molecule has 0 aliphatic carbocycles. The Morgan fingerprint density at radius 1 is 1.26 bits per heavy atom. The number of piperidine rings is 1. The number of rotatable bonds is 5. The molecular formula is C23H21ClFN5O. The van der Waals surface area contributed by atoms with Crippen molar-refractivity contribution in [3.63, 3.8) is 0 Å². The molecule has 1 aliphatic rings. The van der Waals surface area contributed by atoms with Crippen molar-refractivity contribution in [1.29, 1.82) is 5.26 Å². The van der Waals surface area contributed by atoms with E-state index in [-0.39, 0.29) is 17.6 Å². The molecule has 0 unspecified atom stereocenters. The minimum atomic E-state index is -0.469. The highest BCUT2D eigenvalue weighted by Crippen LogP contribution is 2.22. The standard InChI is InChI=1S/C23H21ClFN5O/c24-21-13-27-23(29-10-4-7-20(15-29)28-19-5-2-1-3-6-19)30(22(21)31)14-17-11-18(25)9-8-16(17)12-26/h1-3,5-6,8-9,11,13,20,28H,4,7,10,14-15H2/t20-/m1/s1.